The Hall–Kier alpha value is -2.43. The predicted molar refractivity (Wildman–Crippen MR) is 81.8 cm³/mol. The van der Waals surface area contributed by atoms with E-state index in [1.54, 1.807) is 0 Å². The first kappa shape index (κ1) is 15.0. The molecule has 0 aliphatic heterocycles. The smallest absolute Gasteiger partial charge is 0.315 e. The van der Waals surface area contributed by atoms with Crippen molar-refractivity contribution in [3.8, 4) is 0 Å². The lowest BCUT2D eigenvalue weighted by molar-refractivity contribution is 0.240. The van der Waals surface area contributed by atoms with Crippen LogP contribution in [0.5, 0.6) is 0 Å². The lowest BCUT2D eigenvalue weighted by Crippen LogP contribution is -2.35. The summed E-state index contributed by atoms with van der Waals surface area (Å²) in [5.41, 5.74) is 2.99. The van der Waals surface area contributed by atoms with Crippen LogP contribution in [-0.2, 0) is 13.0 Å². The van der Waals surface area contributed by atoms with Gasteiger partial charge in [-0.15, -0.1) is 0 Å². The van der Waals surface area contributed by atoms with Crippen LogP contribution in [0.4, 0.5) is 4.79 Å². The molecule has 2 N–H and O–H groups in total. The number of aromatic nitrogens is 2. The van der Waals surface area contributed by atoms with Crippen molar-refractivity contribution in [2.45, 2.75) is 26.3 Å². The highest BCUT2D eigenvalue weighted by atomic mass is 16.2. The Morgan fingerprint density at radius 1 is 1.14 bits per heavy atom. The fourth-order valence-electron chi connectivity index (χ4n) is 1.98. The Morgan fingerprint density at radius 2 is 1.95 bits per heavy atom. The molecule has 0 aliphatic carbocycles. The first-order chi connectivity index (χ1) is 10.2. The zero-order chi connectivity index (χ0) is 14.9. The van der Waals surface area contributed by atoms with Crippen LogP contribution >= 0.6 is 0 Å². The van der Waals surface area contributed by atoms with Crippen LogP contribution in [0, 0.1) is 6.92 Å². The number of nitrogens with one attached hydrogen (secondary N) is 2. The van der Waals surface area contributed by atoms with Gasteiger partial charge in [0, 0.05) is 12.2 Å². The van der Waals surface area contributed by atoms with Gasteiger partial charge in [-0.05, 0) is 31.4 Å². The molecule has 0 spiro atoms. The number of benzene rings is 1. The number of amides is 2. The molecule has 1 aromatic carbocycles. The summed E-state index contributed by atoms with van der Waals surface area (Å²) in [4.78, 5) is 19.8. The van der Waals surface area contributed by atoms with E-state index in [-0.39, 0.29) is 6.03 Å². The number of aryl methyl sites for hydroxylation is 2. The molecule has 0 fully saturated rings. The summed E-state index contributed by atoms with van der Waals surface area (Å²) in [5, 5.41) is 5.63. The van der Waals surface area contributed by atoms with E-state index >= 15 is 0 Å². The zero-order valence-corrected chi connectivity index (χ0v) is 12.2. The second-order valence-electron chi connectivity index (χ2n) is 4.85. The summed E-state index contributed by atoms with van der Waals surface area (Å²) in [6.45, 7) is 2.96. The molecule has 2 rings (SSSR count). The molecule has 0 saturated heterocycles. The van der Waals surface area contributed by atoms with Gasteiger partial charge >= 0.3 is 6.03 Å². The Labute approximate surface area is 124 Å². The van der Waals surface area contributed by atoms with Gasteiger partial charge in [-0.25, -0.2) is 14.8 Å². The molecular weight excluding hydrogens is 264 g/mol. The average molecular weight is 284 g/mol. The maximum Gasteiger partial charge on any atom is 0.315 e. The van der Waals surface area contributed by atoms with E-state index in [2.05, 4.69) is 32.7 Å². The van der Waals surface area contributed by atoms with Gasteiger partial charge in [0.2, 0.25) is 0 Å². The SMILES string of the molecule is Cc1cc(CNC(=O)NCCCc2ccccc2)ncn1. The molecule has 21 heavy (non-hydrogen) atoms. The number of carbonyl (C=O) groups is 1. The number of hydrogen-bond acceptors (Lipinski definition) is 3. The highest BCUT2D eigenvalue weighted by Gasteiger charge is 2.01. The summed E-state index contributed by atoms with van der Waals surface area (Å²) in [6.07, 6.45) is 3.39. The minimum absolute atomic E-state index is 0.167. The third-order valence-corrected chi connectivity index (χ3v) is 3.06. The molecule has 0 atom stereocenters. The quantitative estimate of drug-likeness (QED) is 0.799. The first-order valence-corrected chi connectivity index (χ1v) is 7.07. The third-order valence-electron chi connectivity index (χ3n) is 3.06. The first-order valence-electron chi connectivity index (χ1n) is 7.07. The fourth-order valence-corrected chi connectivity index (χ4v) is 1.98. The summed E-state index contributed by atoms with van der Waals surface area (Å²) in [5.74, 6) is 0. The topological polar surface area (TPSA) is 66.9 Å². The van der Waals surface area contributed by atoms with Crippen molar-refractivity contribution in [1.29, 1.82) is 0 Å². The molecule has 0 unspecified atom stereocenters. The molecule has 0 bridgehead atoms. The van der Waals surface area contributed by atoms with E-state index in [1.165, 1.54) is 11.9 Å². The maximum atomic E-state index is 11.6. The van der Waals surface area contributed by atoms with E-state index in [0.29, 0.717) is 13.1 Å². The summed E-state index contributed by atoms with van der Waals surface area (Å²) < 4.78 is 0. The number of carbonyl (C=O) groups excluding carboxylic acids is 1. The molecule has 0 saturated carbocycles. The standard InChI is InChI=1S/C16H20N4O/c1-13-10-15(20-12-19-13)11-18-16(21)17-9-5-8-14-6-3-2-4-7-14/h2-4,6-7,10,12H,5,8-9,11H2,1H3,(H2,17,18,21). The fraction of sp³-hybridized carbons (Fsp3) is 0.312. The second-order valence-corrected chi connectivity index (χ2v) is 4.85. The minimum Gasteiger partial charge on any atom is -0.338 e. The molecule has 5 nitrogen and oxygen atoms in total. The average Bonchev–Trinajstić information content (AvgIpc) is 2.51. The largest absolute Gasteiger partial charge is 0.338 e. The molecular formula is C16H20N4O. The van der Waals surface area contributed by atoms with Gasteiger partial charge < -0.3 is 10.6 Å². The van der Waals surface area contributed by atoms with Crippen molar-refractivity contribution in [3.63, 3.8) is 0 Å². The molecule has 0 radical (unpaired) electrons. The van der Waals surface area contributed by atoms with Crippen LogP contribution in [0.25, 0.3) is 0 Å². The lowest BCUT2D eigenvalue weighted by atomic mass is 10.1. The maximum absolute atomic E-state index is 11.6. The number of hydrogen-bond donors (Lipinski definition) is 2. The summed E-state index contributed by atoms with van der Waals surface area (Å²) >= 11 is 0. The molecule has 110 valence electrons. The highest BCUT2D eigenvalue weighted by molar-refractivity contribution is 5.73. The Morgan fingerprint density at radius 3 is 2.71 bits per heavy atom. The van der Waals surface area contributed by atoms with E-state index in [0.717, 1.165) is 24.2 Å². The van der Waals surface area contributed by atoms with Crippen LogP contribution < -0.4 is 10.6 Å². The van der Waals surface area contributed by atoms with Gasteiger partial charge in [-0.1, -0.05) is 30.3 Å². The Kier molecular flexibility index (Phi) is 5.70. The van der Waals surface area contributed by atoms with Gasteiger partial charge in [-0.2, -0.15) is 0 Å². The van der Waals surface area contributed by atoms with Gasteiger partial charge in [0.15, 0.2) is 0 Å². The van der Waals surface area contributed by atoms with Gasteiger partial charge in [-0.3, -0.25) is 0 Å². The van der Waals surface area contributed by atoms with Crippen LogP contribution in [0.1, 0.15) is 23.4 Å². The molecule has 5 heteroatoms. The summed E-state index contributed by atoms with van der Waals surface area (Å²) in [7, 11) is 0. The normalized spacial score (nSPS) is 10.1. The minimum atomic E-state index is -0.167. The van der Waals surface area contributed by atoms with Crippen molar-refractivity contribution in [3.05, 3.63) is 59.7 Å². The van der Waals surface area contributed by atoms with Gasteiger partial charge in [0.1, 0.15) is 6.33 Å². The second kappa shape index (κ2) is 7.99. The van der Waals surface area contributed by atoms with Crippen molar-refractivity contribution < 1.29 is 4.79 Å². The Bertz CT molecular complexity index is 571. The summed E-state index contributed by atoms with van der Waals surface area (Å²) in [6, 6.07) is 11.9. The molecule has 0 aliphatic rings. The van der Waals surface area contributed by atoms with E-state index in [9.17, 15) is 4.79 Å². The Balaban J connectivity index is 1.62. The van der Waals surface area contributed by atoms with Gasteiger partial charge in [0.05, 0.1) is 12.2 Å². The lowest BCUT2D eigenvalue weighted by Gasteiger charge is -2.07. The van der Waals surface area contributed by atoms with E-state index in [4.69, 9.17) is 0 Å². The van der Waals surface area contributed by atoms with Crippen LogP contribution in [0.3, 0.4) is 0 Å². The zero-order valence-electron chi connectivity index (χ0n) is 12.2. The van der Waals surface area contributed by atoms with Crippen molar-refractivity contribution in [2.24, 2.45) is 0 Å². The number of urea groups is 1. The van der Waals surface area contributed by atoms with E-state index in [1.807, 2.05) is 31.2 Å². The van der Waals surface area contributed by atoms with Crippen molar-refractivity contribution in [2.75, 3.05) is 6.54 Å². The molecule has 1 aromatic heterocycles. The van der Waals surface area contributed by atoms with Crippen LogP contribution in [0.2, 0.25) is 0 Å². The van der Waals surface area contributed by atoms with E-state index < -0.39 is 0 Å². The molecule has 1 heterocycles. The van der Waals surface area contributed by atoms with Crippen molar-refractivity contribution in [1.82, 2.24) is 20.6 Å². The third kappa shape index (κ3) is 5.60. The monoisotopic (exact) mass is 284 g/mol. The molecule has 2 amide bonds. The van der Waals surface area contributed by atoms with Crippen molar-refractivity contribution >= 4 is 6.03 Å². The predicted octanol–water partition coefficient (Wildman–Crippen LogP) is 2.22. The number of nitrogens with zero attached hydrogens (tertiary/aromatic N) is 2. The van der Waals surface area contributed by atoms with Gasteiger partial charge in [0.25, 0.3) is 0 Å². The van der Waals surface area contributed by atoms with Crippen LogP contribution in [0.15, 0.2) is 42.7 Å². The molecule has 2 aromatic rings. The number of rotatable bonds is 6. The highest BCUT2D eigenvalue weighted by Crippen LogP contribution is 2.01. The van der Waals surface area contributed by atoms with Crippen LogP contribution in [-0.4, -0.2) is 22.5 Å².